The number of carbonyl (C=O) groups is 2. The maximum absolute atomic E-state index is 13.8. The standard InChI is InChI=1S/C24H27F3N6O7S2/c1-14(34)30-8-4-16(5-9-30)32-20-17(19(35)31(22(32)37)13-15-11-28-29(3)12-15)10-18(41-20)42(38,39)33(23(2)6-7-23)40-21(36)24(25,26)27/h10-12,16H,4-9,13H2,1-3H3. The van der Waals surface area contributed by atoms with Crippen LogP contribution in [0.2, 0.25) is 0 Å². The Hall–Kier alpha value is -3.51. The number of sulfonamides is 1. The number of carbonyl (C=O) groups excluding carboxylic acids is 2. The van der Waals surface area contributed by atoms with Crippen LogP contribution in [0.5, 0.6) is 0 Å². The lowest BCUT2D eigenvalue weighted by molar-refractivity contribution is -0.228. The van der Waals surface area contributed by atoms with E-state index < -0.39 is 49.2 Å². The van der Waals surface area contributed by atoms with E-state index in [1.54, 1.807) is 18.1 Å². The summed E-state index contributed by atoms with van der Waals surface area (Å²) in [4.78, 5) is 56.9. The SMILES string of the molecule is CC(=O)N1CCC(n2c(=O)n(Cc3cnn(C)c3)c(=O)c3cc(S(=O)(=O)N(OC(=O)C(F)(F)F)C4(C)CC4)sc32)CC1. The molecule has 0 atom stereocenters. The van der Waals surface area contributed by atoms with Gasteiger partial charge in [0.2, 0.25) is 5.91 Å². The largest absolute Gasteiger partial charge is 0.492 e. The van der Waals surface area contributed by atoms with E-state index in [2.05, 4.69) is 9.94 Å². The van der Waals surface area contributed by atoms with Gasteiger partial charge < -0.3 is 9.74 Å². The molecule has 1 saturated heterocycles. The predicted octanol–water partition coefficient (Wildman–Crippen LogP) is 1.75. The topological polar surface area (TPSA) is 146 Å². The molecule has 18 heteroatoms. The summed E-state index contributed by atoms with van der Waals surface area (Å²) in [5, 5.41) is 3.91. The summed E-state index contributed by atoms with van der Waals surface area (Å²) in [6.07, 6.45) is -1.41. The molecule has 1 aliphatic carbocycles. The number of amides is 1. The van der Waals surface area contributed by atoms with Crippen LogP contribution in [0.15, 0.2) is 32.3 Å². The number of rotatable bonds is 7. The number of aromatic nitrogens is 4. The Morgan fingerprint density at radius 1 is 1.21 bits per heavy atom. The maximum atomic E-state index is 13.8. The minimum absolute atomic E-state index is 0.00957. The molecule has 1 amide bonds. The molecule has 13 nitrogen and oxygen atoms in total. The minimum atomic E-state index is -5.45. The van der Waals surface area contributed by atoms with Crippen molar-refractivity contribution in [1.82, 2.24) is 28.3 Å². The third kappa shape index (κ3) is 5.37. The fraction of sp³-hybridized carbons (Fsp3) is 0.542. The lowest BCUT2D eigenvalue weighted by Gasteiger charge is -2.32. The molecule has 42 heavy (non-hydrogen) atoms. The van der Waals surface area contributed by atoms with Gasteiger partial charge in [-0.3, -0.25) is 23.4 Å². The van der Waals surface area contributed by atoms with Gasteiger partial charge in [0.05, 0.1) is 23.7 Å². The van der Waals surface area contributed by atoms with Crippen LogP contribution in [0.3, 0.4) is 0 Å². The zero-order chi connectivity index (χ0) is 30.8. The quantitative estimate of drug-likeness (QED) is 0.358. The van der Waals surface area contributed by atoms with E-state index in [1.807, 2.05) is 0 Å². The van der Waals surface area contributed by atoms with Crippen molar-refractivity contribution in [2.24, 2.45) is 7.05 Å². The highest BCUT2D eigenvalue weighted by atomic mass is 32.2. The maximum Gasteiger partial charge on any atom is 0.492 e. The zero-order valence-electron chi connectivity index (χ0n) is 22.8. The minimum Gasteiger partial charge on any atom is -0.345 e. The van der Waals surface area contributed by atoms with Crippen molar-refractivity contribution in [3.8, 4) is 0 Å². The number of hydroxylamine groups is 1. The van der Waals surface area contributed by atoms with Gasteiger partial charge in [-0.25, -0.2) is 18.0 Å². The number of thiophene rings is 1. The molecule has 3 aromatic heterocycles. The third-order valence-electron chi connectivity index (χ3n) is 7.48. The van der Waals surface area contributed by atoms with Gasteiger partial charge in [-0.1, -0.05) is 0 Å². The second-order valence-electron chi connectivity index (χ2n) is 10.7. The lowest BCUT2D eigenvalue weighted by Crippen LogP contribution is -2.44. The Bertz CT molecular complexity index is 1790. The van der Waals surface area contributed by atoms with Crippen LogP contribution in [0.4, 0.5) is 13.2 Å². The van der Waals surface area contributed by atoms with Crippen LogP contribution >= 0.6 is 11.3 Å². The van der Waals surface area contributed by atoms with Crippen molar-refractivity contribution < 1.29 is 36.0 Å². The average molecular weight is 633 g/mol. The van der Waals surface area contributed by atoms with Crippen LogP contribution in [0.1, 0.15) is 51.1 Å². The molecular formula is C24H27F3N6O7S2. The summed E-state index contributed by atoms with van der Waals surface area (Å²) < 4.78 is 69.7. The van der Waals surface area contributed by atoms with Gasteiger partial charge in [-0.15, -0.1) is 11.3 Å². The number of nitrogens with zero attached hydrogens (tertiary/aromatic N) is 6. The lowest BCUT2D eigenvalue weighted by atomic mass is 10.0. The van der Waals surface area contributed by atoms with Gasteiger partial charge in [-0.2, -0.15) is 18.3 Å². The van der Waals surface area contributed by atoms with Gasteiger partial charge in [0.15, 0.2) is 0 Å². The highest BCUT2D eigenvalue weighted by Crippen LogP contribution is 2.46. The van der Waals surface area contributed by atoms with Crippen molar-refractivity contribution in [2.75, 3.05) is 13.1 Å². The second-order valence-corrected chi connectivity index (χ2v) is 13.7. The number of aryl methyl sites for hydroxylation is 1. The van der Waals surface area contributed by atoms with Crippen molar-refractivity contribution in [1.29, 1.82) is 0 Å². The van der Waals surface area contributed by atoms with Crippen LogP contribution < -0.4 is 11.2 Å². The number of halogens is 3. The van der Waals surface area contributed by atoms with Crippen molar-refractivity contribution in [2.45, 2.75) is 68.0 Å². The molecule has 0 bridgehead atoms. The Morgan fingerprint density at radius 3 is 2.38 bits per heavy atom. The summed E-state index contributed by atoms with van der Waals surface area (Å²) in [5.74, 6) is -2.84. The highest BCUT2D eigenvalue weighted by molar-refractivity contribution is 7.91. The second kappa shape index (κ2) is 10.3. The molecule has 4 heterocycles. The van der Waals surface area contributed by atoms with Gasteiger partial charge >= 0.3 is 17.8 Å². The average Bonchev–Trinajstić information content (AvgIpc) is 3.29. The number of hydrogen-bond acceptors (Lipinski definition) is 9. The van der Waals surface area contributed by atoms with Crippen molar-refractivity contribution >= 4 is 43.5 Å². The van der Waals surface area contributed by atoms with Gasteiger partial charge in [0, 0.05) is 44.9 Å². The molecule has 0 spiro atoms. The summed E-state index contributed by atoms with van der Waals surface area (Å²) in [7, 11) is -3.24. The van der Waals surface area contributed by atoms with Gasteiger partial charge in [0.1, 0.15) is 9.04 Å². The van der Waals surface area contributed by atoms with Gasteiger partial charge in [0.25, 0.3) is 15.6 Å². The van der Waals surface area contributed by atoms with Gasteiger partial charge in [-0.05, 0) is 43.1 Å². The van der Waals surface area contributed by atoms with Crippen molar-refractivity contribution in [3.05, 3.63) is 44.9 Å². The highest BCUT2D eigenvalue weighted by Gasteiger charge is 2.56. The molecule has 0 radical (unpaired) electrons. The number of fused-ring (bicyclic) bond motifs is 1. The predicted molar refractivity (Wildman–Crippen MR) is 142 cm³/mol. The molecular weight excluding hydrogens is 605 g/mol. The molecule has 0 N–H and O–H groups in total. The Morgan fingerprint density at radius 2 is 1.86 bits per heavy atom. The van der Waals surface area contributed by atoms with Crippen LogP contribution in [-0.2, 0) is 38.0 Å². The van der Waals surface area contributed by atoms with Crippen molar-refractivity contribution in [3.63, 3.8) is 0 Å². The smallest absolute Gasteiger partial charge is 0.345 e. The van der Waals surface area contributed by atoms with E-state index in [4.69, 9.17) is 0 Å². The Labute approximate surface area is 240 Å². The fourth-order valence-electron chi connectivity index (χ4n) is 4.93. The molecule has 1 saturated carbocycles. The van der Waals surface area contributed by atoms with E-state index in [9.17, 15) is 40.8 Å². The molecule has 2 aliphatic rings. The Kier molecular flexibility index (Phi) is 7.38. The zero-order valence-corrected chi connectivity index (χ0v) is 24.4. The summed E-state index contributed by atoms with van der Waals surface area (Å²) in [6.45, 7) is 3.24. The summed E-state index contributed by atoms with van der Waals surface area (Å²) >= 11 is 0.536. The molecule has 228 valence electrons. The third-order valence-corrected chi connectivity index (χ3v) is 10.9. The molecule has 2 fully saturated rings. The monoisotopic (exact) mass is 632 g/mol. The van der Waals surface area contributed by atoms with E-state index >= 15 is 0 Å². The van der Waals surface area contributed by atoms with Crippen LogP contribution in [0.25, 0.3) is 10.2 Å². The first kappa shape index (κ1) is 30.0. The molecule has 0 unspecified atom stereocenters. The normalized spacial score (nSPS) is 17.6. The molecule has 0 aromatic carbocycles. The molecule has 1 aliphatic heterocycles. The van der Waals surface area contributed by atoms with Crippen LogP contribution in [-0.4, -0.2) is 73.4 Å². The molecule has 5 rings (SSSR count). The molecule has 3 aromatic rings. The Balaban J connectivity index is 1.65. The summed E-state index contributed by atoms with van der Waals surface area (Å²) in [5.41, 5.74) is -2.39. The van der Waals surface area contributed by atoms with E-state index in [-0.39, 0.29) is 40.0 Å². The van der Waals surface area contributed by atoms with E-state index in [0.717, 1.165) is 10.6 Å². The van der Waals surface area contributed by atoms with Crippen LogP contribution in [0, 0.1) is 0 Å². The first-order valence-corrected chi connectivity index (χ1v) is 15.1. The first-order chi connectivity index (χ1) is 19.5. The number of hydrogen-bond donors (Lipinski definition) is 0. The number of piperidine rings is 1. The number of likely N-dealkylation sites (tertiary alicyclic amines) is 1. The first-order valence-electron chi connectivity index (χ1n) is 12.9. The van der Waals surface area contributed by atoms with E-state index in [1.165, 1.54) is 29.3 Å². The summed E-state index contributed by atoms with van der Waals surface area (Å²) in [6, 6.07) is 0.490. The fourth-order valence-corrected chi connectivity index (χ4v) is 8.09. The number of alkyl halides is 3. The van der Waals surface area contributed by atoms with E-state index in [0.29, 0.717) is 42.8 Å².